The van der Waals surface area contributed by atoms with Crippen LogP contribution < -0.4 is 21.2 Å². The fourth-order valence-corrected chi connectivity index (χ4v) is 3.75. The first kappa shape index (κ1) is 14.1. The summed E-state index contributed by atoms with van der Waals surface area (Å²) in [5, 5.41) is 0. The molecule has 2 aromatic rings. The third-order valence-corrected chi connectivity index (χ3v) is 5.06. The molecule has 2 rings (SSSR count). The summed E-state index contributed by atoms with van der Waals surface area (Å²) in [5.74, 6) is -0.250. The molecule has 0 unspecified atom stereocenters. The van der Waals surface area contributed by atoms with Gasteiger partial charge >= 0.3 is 27.2 Å². The molecule has 0 N–H and O–H groups in total. The van der Waals surface area contributed by atoms with Gasteiger partial charge < -0.3 is 4.74 Å². The predicted molar refractivity (Wildman–Crippen MR) is 70.8 cm³/mol. The molecule has 0 aliphatic carbocycles. The first-order valence-corrected chi connectivity index (χ1v) is 8.32. The fraction of sp³-hybridized carbons (Fsp3) is 0.188. The van der Waals surface area contributed by atoms with Crippen molar-refractivity contribution in [3.63, 3.8) is 0 Å². The third kappa shape index (κ3) is 4.35. The van der Waals surface area contributed by atoms with Crippen LogP contribution in [0, 0.1) is 7.14 Å². The number of carbonyl (C=O) groups excluding carboxylic acids is 1. The van der Waals surface area contributed by atoms with E-state index >= 15 is 0 Å². The minimum atomic E-state index is -0.250. The van der Waals surface area contributed by atoms with Crippen molar-refractivity contribution in [1.29, 1.82) is 0 Å². The second-order valence-corrected chi connectivity index (χ2v) is 7.38. The van der Waals surface area contributed by atoms with Gasteiger partial charge in [-0.15, -0.1) is 0 Å². The lowest BCUT2D eigenvalue weighted by Gasteiger charge is -2.06. The van der Waals surface area contributed by atoms with E-state index in [-0.39, 0.29) is 33.3 Å². The molecule has 0 amide bonds. The van der Waals surface area contributed by atoms with Gasteiger partial charge in [-0.2, -0.15) is 0 Å². The van der Waals surface area contributed by atoms with Crippen molar-refractivity contribution in [2.24, 2.45) is 0 Å². The van der Waals surface area contributed by atoms with Gasteiger partial charge in [0, 0.05) is 0 Å². The molecule has 0 saturated heterocycles. The molecule has 0 fully saturated rings. The molecule has 0 saturated carbocycles. The molecular weight excluding hydrogens is 351 g/mol. The van der Waals surface area contributed by atoms with Crippen LogP contribution in [0.25, 0.3) is 0 Å². The van der Waals surface area contributed by atoms with Crippen LogP contribution >= 0.6 is 0 Å². The zero-order valence-electron chi connectivity index (χ0n) is 11.0. The van der Waals surface area contributed by atoms with E-state index in [4.69, 9.17) is 4.74 Å². The maximum atomic E-state index is 11.7. The van der Waals surface area contributed by atoms with E-state index in [0.717, 1.165) is 0 Å². The minimum Gasteiger partial charge on any atom is -0.459 e. The van der Waals surface area contributed by atoms with Gasteiger partial charge in [-0.1, -0.05) is 18.2 Å². The summed E-state index contributed by atoms with van der Waals surface area (Å²) >= 11 is -0.173. The molecule has 0 radical (unpaired) electrons. The molecule has 2 nitrogen and oxygen atoms in total. The minimum absolute atomic E-state index is 0.0797. The highest BCUT2D eigenvalue weighted by molar-refractivity contribution is 5.89. The van der Waals surface area contributed by atoms with Gasteiger partial charge in [-0.05, 0) is 50.2 Å². The molecule has 2 aromatic carbocycles. The van der Waals surface area contributed by atoms with Crippen molar-refractivity contribution in [1.82, 2.24) is 0 Å². The first-order valence-electron chi connectivity index (χ1n) is 6.16. The zero-order valence-corrected chi connectivity index (χ0v) is 13.1. The lowest BCUT2D eigenvalue weighted by molar-refractivity contribution is -0.597. The van der Waals surface area contributed by atoms with Crippen LogP contribution in [0.4, 0.5) is 0 Å². The van der Waals surface area contributed by atoms with E-state index in [1.807, 2.05) is 44.2 Å². The molecule has 0 spiro atoms. The number of rotatable bonds is 4. The lowest BCUT2D eigenvalue weighted by Crippen LogP contribution is -3.61. The van der Waals surface area contributed by atoms with Crippen LogP contribution in [0.1, 0.15) is 24.2 Å². The third-order valence-electron chi connectivity index (χ3n) is 2.37. The lowest BCUT2D eigenvalue weighted by atomic mass is 10.2. The average Bonchev–Trinajstić information content (AvgIpc) is 2.40. The second-order valence-electron chi connectivity index (χ2n) is 4.35. The molecular formula is C16H16IO2+. The highest BCUT2D eigenvalue weighted by Crippen LogP contribution is 2.03. The Balaban J connectivity index is 2.04. The van der Waals surface area contributed by atoms with E-state index in [1.165, 1.54) is 7.14 Å². The Morgan fingerprint density at radius 2 is 1.53 bits per heavy atom. The smallest absolute Gasteiger partial charge is 0.357 e. The Bertz CT molecular complexity index is 532. The number of carbonyl (C=O) groups is 1. The number of halogens is 1. The number of hydrogen-bond acceptors (Lipinski definition) is 2. The first-order chi connectivity index (χ1) is 9.15. The Morgan fingerprint density at radius 1 is 0.947 bits per heavy atom. The van der Waals surface area contributed by atoms with Crippen LogP contribution in [0.15, 0.2) is 54.6 Å². The summed E-state index contributed by atoms with van der Waals surface area (Å²) < 4.78 is 7.84. The van der Waals surface area contributed by atoms with Crippen molar-refractivity contribution in [3.8, 4) is 0 Å². The van der Waals surface area contributed by atoms with Crippen molar-refractivity contribution >= 4 is 5.97 Å². The monoisotopic (exact) mass is 367 g/mol. The van der Waals surface area contributed by atoms with Crippen LogP contribution in [-0.2, 0) is 4.74 Å². The summed E-state index contributed by atoms with van der Waals surface area (Å²) in [7, 11) is 0. The van der Waals surface area contributed by atoms with E-state index < -0.39 is 0 Å². The van der Waals surface area contributed by atoms with Gasteiger partial charge in [0.2, 0.25) is 0 Å². The van der Waals surface area contributed by atoms with Crippen LogP contribution in [0.5, 0.6) is 0 Å². The molecule has 0 bridgehead atoms. The standard InChI is InChI=1S/C16H16IO2/c1-12(2)19-16(18)13-8-10-15(11-9-13)17-14-6-4-3-5-7-14/h3-12H,1-2H3/q+1. The van der Waals surface area contributed by atoms with Crippen LogP contribution in [0.3, 0.4) is 0 Å². The number of ether oxygens (including phenoxy) is 1. The SMILES string of the molecule is CC(C)OC(=O)c1ccc([I+]c2ccccc2)cc1. The number of hydrogen-bond donors (Lipinski definition) is 0. The summed E-state index contributed by atoms with van der Waals surface area (Å²) in [4.78, 5) is 11.7. The van der Waals surface area contributed by atoms with Gasteiger partial charge in [-0.25, -0.2) is 4.79 Å². The largest absolute Gasteiger partial charge is 0.459 e. The highest BCUT2D eigenvalue weighted by atomic mass is 127. The van der Waals surface area contributed by atoms with Crippen molar-refractivity contribution in [2.75, 3.05) is 0 Å². The molecule has 0 aliphatic rings. The Morgan fingerprint density at radius 3 is 2.11 bits per heavy atom. The number of esters is 1. The van der Waals surface area contributed by atoms with Gasteiger partial charge in [0.25, 0.3) is 0 Å². The van der Waals surface area contributed by atoms with E-state index in [2.05, 4.69) is 24.3 Å². The molecule has 98 valence electrons. The van der Waals surface area contributed by atoms with Crippen molar-refractivity contribution < 1.29 is 30.7 Å². The van der Waals surface area contributed by atoms with Gasteiger partial charge in [0.05, 0.1) is 11.7 Å². The molecule has 0 atom stereocenters. The molecule has 0 heterocycles. The summed E-state index contributed by atoms with van der Waals surface area (Å²) in [6.45, 7) is 3.71. The number of benzene rings is 2. The summed E-state index contributed by atoms with van der Waals surface area (Å²) in [6, 6.07) is 18.2. The molecule has 19 heavy (non-hydrogen) atoms. The average molecular weight is 367 g/mol. The summed E-state index contributed by atoms with van der Waals surface area (Å²) in [5.41, 5.74) is 0.620. The maximum Gasteiger partial charge on any atom is 0.357 e. The van der Waals surface area contributed by atoms with Crippen LogP contribution in [-0.4, -0.2) is 12.1 Å². The van der Waals surface area contributed by atoms with Gasteiger partial charge in [-0.3, -0.25) is 0 Å². The van der Waals surface area contributed by atoms with Gasteiger partial charge in [0.1, 0.15) is 0 Å². The Labute approximate surface area is 124 Å². The Hall–Kier alpha value is -1.36. The molecule has 0 aromatic heterocycles. The molecule has 3 heteroatoms. The van der Waals surface area contributed by atoms with E-state index in [9.17, 15) is 4.79 Å². The normalized spacial score (nSPS) is 10.5. The van der Waals surface area contributed by atoms with Gasteiger partial charge in [0.15, 0.2) is 7.14 Å². The quantitative estimate of drug-likeness (QED) is 0.577. The maximum absolute atomic E-state index is 11.7. The van der Waals surface area contributed by atoms with Crippen molar-refractivity contribution in [2.45, 2.75) is 20.0 Å². The summed E-state index contributed by atoms with van der Waals surface area (Å²) in [6.07, 6.45) is -0.0797. The second kappa shape index (κ2) is 6.70. The topological polar surface area (TPSA) is 26.3 Å². The van der Waals surface area contributed by atoms with Crippen LogP contribution in [0.2, 0.25) is 0 Å². The zero-order chi connectivity index (χ0) is 13.7. The highest BCUT2D eigenvalue weighted by Gasteiger charge is 2.16. The molecule has 0 aliphatic heterocycles. The predicted octanol–water partition coefficient (Wildman–Crippen LogP) is 0.380. The van der Waals surface area contributed by atoms with E-state index in [0.29, 0.717) is 5.56 Å². The fourth-order valence-electron chi connectivity index (χ4n) is 1.53. The van der Waals surface area contributed by atoms with Crippen molar-refractivity contribution in [3.05, 3.63) is 67.3 Å². The van der Waals surface area contributed by atoms with E-state index in [1.54, 1.807) is 0 Å². The Kier molecular flexibility index (Phi) is 4.96.